The van der Waals surface area contributed by atoms with Gasteiger partial charge < -0.3 is 39.5 Å². The van der Waals surface area contributed by atoms with Crippen LogP contribution in [0.2, 0.25) is 0 Å². The molecule has 3 N–H and O–H groups in total. The fourth-order valence-corrected chi connectivity index (χ4v) is 6.99. The van der Waals surface area contributed by atoms with Crippen molar-refractivity contribution in [2.75, 3.05) is 40.8 Å². The van der Waals surface area contributed by atoms with Crippen LogP contribution in [-0.2, 0) is 19.1 Å². The van der Waals surface area contributed by atoms with Crippen LogP contribution in [-0.4, -0.2) is 125 Å². The van der Waals surface area contributed by atoms with Gasteiger partial charge in [0.1, 0.15) is 6.10 Å². The summed E-state index contributed by atoms with van der Waals surface area (Å²) in [6, 6.07) is -0.197. The van der Waals surface area contributed by atoms with Crippen molar-refractivity contribution in [3.8, 4) is 0 Å². The van der Waals surface area contributed by atoms with Gasteiger partial charge in [-0.25, -0.2) is 0 Å². The third-order valence-electron chi connectivity index (χ3n) is 9.15. The number of carbonyl (C=O) groups is 2. The minimum absolute atomic E-state index is 0.0346. The first-order valence-corrected chi connectivity index (χ1v) is 14.7. The van der Waals surface area contributed by atoms with Crippen LogP contribution < -0.4 is 0 Å². The van der Waals surface area contributed by atoms with Gasteiger partial charge in [-0.3, -0.25) is 9.59 Å². The molecule has 0 aliphatic carbocycles. The molecule has 3 rings (SSSR count). The summed E-state index contributed by atoms with van der Waals surface area (Å²) >= 11 is 0. The van der Waals surface area contributed by atoms with Crippen LogP contribution in [0.25, 0.3) is 0 Å². The molecule has 0 radical (unpaired) electrons. The molecule has 0 spiro atoms. The summed E-state index contributed by atoms with van der Waals surface area (Å²) in [6.45, 7) is 10.7. The van der Waals surface area contributed by atoms with Gasteiger partial charge in [-0.15, -0.1) is 0 Å². The Bertz CT molecular complexity index is 840. The SMILES string of the molecule is C[C@H]1CN(C)C(=O)CC2CCCN(C2)C(=O)[C@H](C)[C@@H](O)[C@H](C)[C@@H](O[C@@H]2O[C@H](C)C[C@H](N(C)C)[C@H]2O)[C@](C)(O)C1. The third-order valence-corrected chi connectivity index (χ3v) is 9.15. The number of piperidine rings is 1. The van der Waals surface area contributed by atoms with Crippen LogP contribution in [0.4, 0.5) is 0 Å². The first-order chi connectivity index (χ1) is 18.1. The molecule has 0 aromatic carbocycles. The lowest BCUT2D eigenvalue weighted by Crippen LogP contribution is -2.59. The zero-order valence-electron chi connectivity index (χ0n) is 25.2. The van der Waals surface area contributed by atoms with Crippen molar-refractivity contribution in [3.05, 3.63) is 0 Å². The second-order valence-electron chi connectivity index (χ2n) is 13.2. The normalized spacial score (nSPS) is 43.8. The van der Waals surface area contributed by atoms with E-state index < -0.39 is 42.0 Å². The van der Waals surface area contributed by atoms with E-state index in [1.807, 2.05) is 32.8 Å². The van der Waals surface area contributed by atoms with E-state index in [0.717, 1.165) is 12.8 Å². The van der Waals surface area contributed by atoms with Gasteiger partial charge in [-0.05, 0) is 65.5 Å². The molecule has 10 nitrogen and oxygen atoms in total. The average Bonchev–Trinajstić information content (AvgIpc) is 2.86. The molecule has 3 aliphatic rings. The van der Waals surface area contributed by atoms with Crippen molar-refractivity contribution >= 4 is 11.8 Å². The van der Waals surface area contributed by atoms with E-state index in [9.17, 15) is 24.9 Å². The number of likely N-dealkylation sites (N-methyl/N-ethyl adjacent to an activating group) is 1. The smallest absolute Gasteiger partial charge is 0.228 e. The van der Waals surface area contributed by atoms with E-state index in [0.29, 0.717) is 38.9 Å². The minimum Gasteiger partial charge on any atom is -0.392 e. The Hall–Kier alpha value is -1.30. The predicted molar refractivity (Wildman–Crippen MR) is 148 cm³/mol. The van der Waals surface area contributed by atoms with Gasteiger partial charge in [0.05, 0.1) is 29.8 Å². The summed E-state index contributed by atoms with van der Waals surface area (Å²) in [6.07, 6.45) is -1.17. The van der Waals surface area contributed by atoms with E-state index in [2.05, 4.69) is 0 Å². The molecule has 226 valence electrons. The summed E-state index contributed by atoms with van der Waals surface area (Å²) in [5.74, 6) is -1.48. The Kier molecular flexibility index (Phi) is 10.8. The van der Waals surface area contributed by atoms with E-state index in [-0.39, 0.29) is 35.8 Å². The second kappa shape index (κ2) is 13.1. The summed E-state index contributed by atoms with van der Waals surface area (Å²) in [7, 11) is 5.58. The Morgan fingerprint density at radius 3 is 2.38 bits per heavy atom. The quantitative estimate of drug-likeness (QED) is 0.477. The van der Waals surface area contributed by atoms with Crippen LogP contribution >= 0.6 is 0 Å². The minimum atomic E-state index is -1.44. The molecular formula is C29H53N3O7. The summed E-state index contributed by atoms with van der Waals surface area (Å²) in [5.41, 5.74) is -1.44. The zero-order valence-corrected chi connectivity index (χ0v) is 25.2. The fourth-order valence-electron chi connectivity index (χ4n) is 6.99. The van der Waals surface area contributed by atoms with Gasteiger partial charge in [-0.1, -0.05) is 20.8 Å². The van der Waals surface area contributed by atoms with Crippen LogP contribution in [0.1, 0.15) is 66.7 Å². The maximum absolute atomic E-state index is 13.5. The van der Waals surface area contributed by atoms with Crippen LogP contribution in [0.5, 0.6) is 0 Å². The van der Waals surface area contributed by atoms with E-state index in [1.165, 1.54) is 0 Å². The molecule has 1 unspecified atom stereocenters. The molecule has 3 heterocycles. The van der Waals surface area contributed by atoms with Crippen molar-refractivity contribution in [2.45, 2.75) is 109 Å². The number of hydrogen-bond acceptors (Lipinski definition) is 8. The molecule has 39 heavy (non-hydrogen) atoms. The van der Waals surface area contributed by atoms with Crippen molar-refractivity contribution < 1.29 is 34.4 Å². The number of fused-ring (bicyclic) bond motifs is 2. The van der Waals surface area contributed by atoms with Gasteiger partial charge in [0.15, 0.2) is 6.29 Å². The highest BCUT2D eigenvalue weighted by molar-refractivity contribution is 5.79. The van der Waals surface area contributed by atoms with Gasteiger partial charge in [0, 0.05) is 45.1 Å². The number of carbonyl (C=O) groups excluding carboxylic acids is 2. The zero-order chi connectivity index (χ0) is 29.2. The molecule has 0 aromatic rings. The largest absolute Gasteiger partial charge is 0.392 e. The maximum Gasteiger partial charge on any atom is 0.228 e. The van der Waals surface area contributed by atoms with E-state index in [1.54, 1.807) is 37.6 Å². The number of aliphatic hydroxyl groups excluding tert-OH is 2. The molecular weight excluding hydrogens is 502 g/mol. The lowest BCUT2D eigenvalue weighted by molar-refractivity contribution is -0.299. The number of hydrogen-bond donors (Lipinski definition) is 3. The van der Waals surface area contributed by atoms with Gasteiger partial charge in [0.2, 0.25) is 11.8 Å². The van der Waals surface area contributed by atoms with Crippen LogP contribution in [0.15, 0.2) is 0 Å². The van der Waals surface area contributed by atoms with Gasteiger partial charge >= 0.3 is 0 Å². The number of rotatable bonds is 3. The Labute approximate surface area is 234 Å². The van der Waals surface area contributed by atoms with Gasteiger partial charge in [0.25, 0.3) is 0 Å². The second-order valence-corrected chi connectivity index (χ2v) is 13.2. The van der Waals surface area contributed by atoms with Gasteiger partial charge in [-0.2, -0.15) is 0 Å². The number of amides is 2. The maximum atomic E-state index is 13.5. The molecule has 3 saturated heterocycles. The fraction of sp³-hybridized carbons (Fsp3) is 0.931. The first kappa shape index (κ1) is 32.2. The molecule has 0 aromatic heterocycles. The number of aliphatic hydroxyl groups is 3. The lowest BCUT2D eigenvalue weighted by atomic mass is 9.77. The summed E-state index contributed by atoms with van der Waals surface area (Å²) in [5, 5.41) is 34.5. The van der Waals surface area contributed by atoms with E-state index in [4.69, 9.17) is 9.47 Å². The predicted octanol–water partition coefficient (Wildman–Crippen LogP) is 1.31. The molecule has 3 fully saturated rings. The first-order valence-electron chi connectivity index (χ1n) is 14.7. The Morgan fingerprint density at radius 1 is 1.08 bits per heavy atom. The highest BCUT2D eigenvalue weighted by Gasteiger charge is 2.48. The monoisotopic (exact) mass is 555 g/mol. The molecule has 10 heteroatoms. The van der Waals surface area contributed by atoms with E-state index >= 15 is 0 Å². The Morgan fingerprint density at radius 2 is 1.74 bits per heavy atom. The topological polar surface area (TPSA) is 123 Å². The standard InChI is InChI=1S/C29H53N3O7/c1-17-14-29(5,37)26(39-28-25(35)22(30(6)7)12-18(2)38-28)19(3)24(34)20(4)27(36)32-11-9-10-21(16-32)13-23(33)31(8)15-17/h17-22,24-26,28,34-35,37H,9-16H2,1-8H3/t17-,18-,19+,20-,21?,22+,24+,25-,26-,28+,29-/m1/s1. The Balaban J connectivity index is 1.95. The molecule has 0 saturated carbocycles. The highest BCUT2D eigenvalue weighted by atomic mass is 16.7. The summed E-state index contributed by atoms with van der Waals surface area (Å²) in [4.78, 5) is 32.0. The third kappa shape index (κ3) is 7.71. The molecule has 3 aliphatic heterocycles. The number of nitrogens with zero attached hydrogens (tertiary/aromatic N) is 3. The van der Waals surface area contributed by atoms with Crippen LogP contribution in [0, 0.1) is 23.7 Å². The van der Waals surface area contributed by atoms with Crippen molar-refractivity contribution in [1.29, 1.82) is 0 Å². The molecule has 11 atom stereocenters. The van der Waals surface area contributed by atoms with Crippen molar-refractivity contribution in [1.82, 2.24) is 14.7 Å². The van der Waals surface area contributed by atoms with Crippen LogP contribution in [0.3, 0.4) is 0 Å². The number of ether oxygens (including phenoxy) is 2. The van der Waals surface area contributed by atoms with Crippen molar-refractivity contribution in [2.24, 2.45) is 23.7 Å². The lowest BCUT2D eigenvalue weighted by Gasteiger charge is -2.46. The molecule has 2 amide bonds. The average molecular weight is 556 g/mol. The molecule has 2 bridgehead atoms. The highest BCUT2D eigenvalue weighted by Crippen LogP contribution is 2.36. The van der Waals surface area contributed by atoms with Crippen molar-refractivity contribution in [3.63, 3.8) is 0 Å². The summed E-state index contributed by atoms with van der Waals surface area (Å²) < 4.78 is 12.4.